The molecule has 2 aliphatic heterocycles. The molecule has 11 heavy (non-hydrogen) atoms. The molecular weight excluding hydrogens is 142 g/mol. The van der Waals surface area contributed by atoms with Crippen molar-refractivity contribution in [1.82, 2.24) is 4.90 Å². The average molecular weight is 157 g/mol. The normalized spacial score (nSPS) is 31.4. The molecule has 2 aliphatic rings. The van der Waals surface area contributed by atoms with Gasteiger partial charge >= 0.3 is 0 Å². The number of likely N-dealkylation sites (tertiary alicyclic amines) is 1. The summed E-state index contributed by atoms with van der Waals surface area (Å²) in [6.45, 7) is 3.66. The highest BCUT2D eigenvalue weighted by atomic mass is 16.7. The lowest BCUT2D eigenvalue weighted by Gasteiger charge is -2.36. The molecule has 2 heterocycles. The molecule has 64 valence electrons. The lowest BCUT2D eigenvalue weighted by Crippen LogP contribution is -2.47. The number of ether oxygens (including phenoxy) is 2. The van der Waals surface area contributed by atoms with Gasteiger partial charge in [0.2, 0.25) is 0 Å². The minimum absolute atomic E-state index is 0.229. The van der Waals surface area contributed by atoms with Crippen LogP contribution in [-0.4, -0.2) is 44.0 Å². The van der Waals surface area contributed by atoms with E-state index >= 15 is 0 Å². The van der Waals surface area contributed by atoms with Crippen LogP contribution in [0.3, 0.4) is 0 Å². The van der Waals surface area contributed by atoms with Gasteiger partial charge in [-0.25, -0.2) is 0 Å². The number of piperidine rings is 1. The summed E-state index contributed by atoms with van der Waals surface area (Å²) in [6.07, 6.45) is 2.26. The second-order valence-corrected chi connectivity index (χ2v) is 3.45. The molecule has 3 nitrogen and oxygen atoms in total. The second kappa shape index (κ2) is 2.73. The number of nitrogens with zero attached hydrogens (tertiary/aromatic N) is 1. The highest BCUT2D eigenvalue weighted by Crippen LogP contribution is 2.28. The fraction of sp³-hybridized carbons (Fsp3) is 1.00. The van der Waals surface area contributed by atoms with Gasteiger partial charge in [-0.1, -0.05) is 0 Å². The summed E-state index contributed by atoms with van der Waals surface area (Å²) in [5, 5.41) is 0. The first-order valence-corrected chi connectivity index (χ1v) is 4.27. The molecule has 3 heteroatoms. The Balaban J connectivity index is 2.00. The molecular formula is C8H15NO2. The quantitative estimate of drug-likeness (QED) is 0.510. The van der Waals surface area contributed by atoms with Crippen molar-refractivity contribution in [2.45, 2.75) is 18.6 Å². The molecule has 0 amide bonds. The molecule has 2 saturated heterocycles. The predicted molar refractivity (Wildman–Crippen MR) is 41.4 cm³/mol. The molecule has 0 N–H and O–H groups in total. The van der Waals surface area contributed by atoms with Crippen molar-refractivity contribution in [2.24, 2.45) is 0 Å². The van der Waals surface area contributed by atoms with Gasteiger partial charge in [0.15, 0.2) is 5.79 Å². The van der Waals surface area contributed by atoms with Crippen LogP contribution in [0.15, 0.2) is 0 Å². The standard InChI is InChI=1S/C8H15NO2/c1-9-4-2-3-8(7-9)10-5-6-11-8/h2-7H2,1H3. The lowest BCUT2D eigenvalue weighted by molar-refractivity contribution is -0.186. The van der Waals surface area contributed by atoms with E-state index in [1.54, 1.807) is 0 Å². The zero-order chi connectivity index (χ0) is 7.73. The molecule has 0 aliphatic carbocycles. The van der Waals surface area contributed by atoms with Crippen LogP contribution >= 0.6 is 0 Å². The molecule has 0 unspecified atom stereocenters. The highest BCUT2D eigenvalue weighted by Gasteiger charge is 2.39. The topological polar surface area (TPSA) is 21.7 Å². The van der Waals surface area contributed by atoms with Gasteiger partial charge in [-0.15, -0.1) is 0 Å². The van der Waals surface area contributed by atoms with Crippen molar-refractivity contribution < 1.29 is 9.47 Å². The fourth-order valence-corrected chi connectivity index (χ4v) is 1.92. The molecule has 0 saturated carbocycles. The Bertz CT molecular complexity index is 143. The second-order valence-electron chi connectivity index (χ2n) is 3.45. The molecule has 0 atom stereocenters. The third-order valence-electron chi connectivity index (χ3n) is 2.42. The summed E-state index contributed by atoms with van der Waals surface area (Å²) in [5.74, 6) is -0.229. The third-order valence-corrected chi connectivity index (χ3v) is 2.42. The Morgan fingerprint density at radius 2 is 2.00 bits per heavy atom. The Labute approximate surface area is 67.3 Å². The molecule has 0 aromatic rings. The van der Waals surface area contributed by atoms with Gasteiger partial charge in [0.05, 0.1) is 19.8 Å². The maximum atomic E-state index is 5.59. The van der Waals surface area contributed by atoms with Crippen LogP contribution in [0, 0.1) is 0 Å². The molecule has 0 aromatic heterocycles. The number of rotatable bonds is 0. The molecule has 0 bridgehead atoms. The van der Waals surface area contributed by atoms with Crippen LogP contribution < -0.4 is 0 Å². The van der Waals surface area contributed by atoms with Crippen LogP contribution in [0.25, 0.3) is 0 Å². The molecule has 2 rings (SSSR count). The van der Waals surface area contributed by atoms with E-state index in [-0.39, 0.29) is 5.79 Å². The van der Waals surface area contributed by atoms with Gasteiger partial charge < -0.3 is 14.4 Å². The van der Waals surface area contributed by atoms with Crippen molar-refractivity contribution in [3.05, 3.63) is 0 Å². The van der Waals surface area contributed by atoms with Crippen molar-refractivity contribution in [2.75, 3.05) is 33.4 Å². The van der Waals surface area contributed by atoms with E-state index in [1.807, 2.05) is 0 Å². The van der Waals surface area contributed by atoms with Crippen molar-refractivity contribution >= 4 is 0 Å². The number of hydrogen-bond acceptors (Lipinski definition) is 3. The van der Waals surface area contributed by atoms with E-state index in [2.05, 4.69) is 11.9 Å². The first-order valence-electron chi connectivity index (χ1n) is 4.27. The van der Waals surface area contributed by atoms with Crippen LogP contribution in [0.5, 0.6) is 0 Å². The minimum atomic E-state index is -0.229. The zero-order valence-corrected chi connectivity index (χ0v) is 7.01. The highest BCUT2D eigenvalue weighted by molar-refractivity contribution is 4.82. The van der Waals surface area contributed by atoms with Gasteiger partial charge in [-0.2, -0.15) is 0 Å². The van der Waals surface area contributed by atoms with Crippen LogP contribution in [0.4, 0.5) is 0 Å². The Morgan fingerprint density at radius 3 is 2.64 bits per heavy atom. The number of likely N-dealkylation sites (N-methyl/N-ethyl adjacent to an activating group) is 1. The predicted octanol–water partition coefficient (Wildman–Crippen LogP) is 0.455. The fourth-order valence-electron chi connectivity index (χ4n) is 1.92. The van der Waals surface area contributed by atoms with E-state index in [1.165, 1.54) is 13.0 Å². The molecule has 0 radical (unpaired) electrons. The SMILES string of the molecule is CN1CCCC2(C1)OCCO2. The summed E-state index contributed by atoms with van der Waals surface area (Å²) in [7, 11) is 2.12. The summed E-state index contributed by atoms with van der Waals surface area (Å²) in [5.41, 5.74) is 0. The Kier molecular flexibility index (Phi) is 1.87. The zero-order valence-electron chi connectivity index (χ0n) is 7.01. The Hall–Kier alpha value is -0.120. The van der Waals surface area contributed by atoms with Crippen molar-refractivity contribution in [3.63, 3.8) is 0 Å². The van der Waals surface area contributed by atoms with Crippen LogP contribution in [0.1, 0.15) is 12.8 Å². The average Bonchev–Trinajstić information content (AvgIpc) is 2.37. The van der Waals surface area contributed by atoms with Crippen LogP contribution in [-0.2, 0) is 9.47 Å². The summed E-state index contributed by atoms with van der Waals surface area (Å²) in [6, 6.07) is 0. The van der Waals surface area contributed by atoms with Crippen LogP contribution in [0.2, 0.25) is 0 Å². The lowest BCUT2D eigenvalue weighted by atomic mass is 10.1. The smallest absolute Gasteiger partial charge is 0.181 e. The van der Waals surface area contributed by atoms with Gasteiger partial charge in [0, 0.05) is 6.42 Å². The Morgan fingerprint density at radius 1 is 1.27 bits per heavy atom. The maximum absolute atomic E-state index is 5.59. The van der Waals surface area contributed by atoms with Gasteiger partial charge in [0.25, 0.3) is 0 Å². The number of hydrogen-bond donors (Lipinski definition) is 0. The van der Waals surface area contributed by atoms with Crippen molar-refractivity contribution in [1.29, 1.82) is 0 Å². The van der Waals surface area contributed by atoms with Gasteiger partial charge in [-0.3, -0.25) is 0 Å². The monoisotopic (exact) mass is 157 g/mol. The molecule has 0 aromatic carbocycles. The largest absolute Gasteiger partial charge is 0.346 e. The van der Waals surface area contributed by atoms with Gasteiger partial charge in [-0.05, 0) is 20.0 Å². The van der Waals surface area contributed by atoms with E-state index < -0.39 is 0 Å². The van der Waals surface area contributed by atoms with E-state index in [0.717, 1.165) is 26.2 Å². The minimum Gasteiger partial charge on any atom is -0.346 e. The van der Waals surface area contributed by atoms with Crippen molar-refractivity contribution in [3.8, 4) is 0 Å². The molecule has 1 spiro atoms. The summed E-state index contributed by atoms with van der Waals surface area (Å²) < 4.78 is 11.2. The summed E-state index contributed by atoms with van der Waals surface area (Å²) in [4.78, 5) is 2.27. The third kappa shape index (κ3) is 1.41. The maximum Gasteiger partial charge on any atom is 0.181 e. The first-order chi connectivity index (χ1) is 5.31. The van der Waals surface area contributed by atoms with E-state index in [4.69, 9.17) is 9.47 Å². The summed E-state index contributed by atoms with van der Waals surface area (Å²) >= 11 is 0. The van der Waals surface area contributed by atoms with Gasteiger partial charge in [0.1, 0.15) is 0 Å². The van der Waals surface area contributed by atoms with E-state index in [0.29, 0.717) is 0 Å². The first kappa shape index (κ1) is 7.53. The molecule has 2 fully saturated rings. The van der Waals surface area contributed by atoms with E-state index in [9.17, 15) is 0 Å².